The average Bonchev–Trinajstić information content (AvgIpc) is 1.47. The zero-order valence-electron chi connectivity index (χ0n) is 60.6. The number of aromatic nitrogens is 2. The van der Waals surface area contributed by atoms with Gasteiger partial charge in [-0.3, -0.25) is 19.2 Å². The van der Waals surface area contributed by atoms with E-state index in [9.17, 15) is 48.9 Å². The number of nitrogens with zero attached hydrogens (tertiary/aromatic N) is 2. The maximum absolute atomic E-state index is 14.3. The predicted molar refractivity (Wildman–Crippen MR) is 359 cm³/mol. The van der Waals surface area contributed by atoms with E-state index in [1.165, 1.54) is 7.11 Å². The summed E-state index contributed by atoms with van der Waals surface area (Å²) in [5, 5.41) is 32.4. The zero-order valence-corrected chi connectivity index (χ0v) is 60.6. The van der Waals surface area contributed by atoms with Gasteiger partial charge in [0, 0.05) is 29.2 Å². The lowest BCUT2D eigenvalue weighted by atomic mass is 9.71. The standard InChI is InChI=1S/C72H111N3O21/c1-20-50-51-32-48(76)22-23-55(51)74-61-52(50)36-75-56(61)33-54-53(62(75)84)39-88-63(85)72(54,21-2)27-25-49(77)35-73-57(78)40-91-65(5,6)28-30-89-64(3,4)26-24-46(70(15,16)95-44-68(11,12)93-42-59(81)82)37-87-38-47(71(17,18)96-45-69(13,14)94-43-60(83)86-19)34-67(9,10)90-31-29-66(7,8)92-41-58(79)80/h22-23,32-33,46-47,76H,20-21,24-31,34-45H2,1-19H3,(H,73,78)(H,79,80)(H,81,82). The molecule has 4 heterocycles. The van der Waals surface area contributed by atoms with Crippen molar-refractivity contribution in [3.05, 3.63) is 56.9 Å². The van der Waals surface area contributed by atoms with Crippen LogP contribution in [0, 0.1) is 11.8 Å². The molecule has 1 aromatic carbocycles. The lowest BCUT2D eigenvalue weighted by Crippen LogP contribution is -2.47. The number of aryl methyl sites for hydroxylation is 1. The molecule has 0 aliphatic carbocycles. The molecular formula is C72H111N3O21. The number of rotatable bonds is 44. The Morgan fingerprint density at radius 2 is 1.21 bits per heavy atom. The van der Waals surface area contributed by atoms with E-state index in [1.54, 1.807) is 36.6 Å². The lowest BCUT2D eigenvalue weighted by molar-refractivity contribution is -0.176. The molecule has 0 fully saturated rings. The molecule has 1 amide bonds. The van der Waals surface area contributed by atoms with Crippen molar-refractivity contribution in [3.63, 3.8) is 0 Å². The molecule has 5 rings (SSSR count). The molecule has 0 spiro atoms. The van der Waals surface area contributed by atoms with Crippen molar-refractivity contribution in [3.8, 4) is 17.1 Å². The van der Waals surface area contributed by atoms with E-state index in [0.29, 0.717) is 66.6 Å². The summed E-state index contributed by atoms with van der Waals surface area (Å²) in [5.41, 5.74) is -3.42. The second-order valence-electron chi connectivity index (χ2n) is 30.3. The fraction of sp³-hybridized carbons (Fsp3) is 0.722. The maximum Gasteiger partial charge on any atom is 0.331 e. The number of carboxylic acid groups (broad SMARTS) is 2. The van der Waals surface area contributed by atoms with E-state index in [4.69, 9.17) is 57.1 Å². The predicted octanol–water partition coefficient (Wildman–Crippen LogP) is 9.77. The topological polar surface area (TPSA) is 312 Å². The van der Waals surface area contributed by atoms with E-state index < -0.39 is 93.2 Å². The molecule has 540 valence electrons. The smallest absolute Gasteiger partial charge is 0.331 e. The number of pyridine rings is 2. The number of ketones is 1. The molecule has 24 nitrogen and oxygen atoms in total. The number of aromatic hydroxyl groups is 1. The summed E-state index contributed by atoms with van der Waals surface area (Å²) in [7, 11) is 1.29. The second kappa shape index (κ2) is 33.3. The molecule has 2 aromatic heterocycles. The molecule has 3 unspecified atom stereocenters. The van der Waals surface area contributed by atoms with Gasteiger partial charge in [-0.05, 0) is 198 Å². The number of aliphatic carboxylic acids is 2. The van der Waals surface area contributed by atoms with Gasteiger partial charge in [0.05, 0.1) is 133 Å². The SMILES string of the molecule is CCc1c2c(nc3ccc(O)cc13)-c1cc3c(c(=O)n1C2)COC(=O)C3(CC)CCC(=O)CNC(=O)COC(C)(C)CCOC(C)(C)CCC(COCC(CC(C)(C)OCCC(C)(C)OCC(=O)O)C(C)(C)OCC(C)(C)OCC(=O)OC)C(C)(C)OCC(C)(C)OCC(=O)O. The van der Waals surface area contributed by atoms with Crippen LogP contribution in [0.4, 0.5) is 0 Å². The van der Waals surface area contributed by atoms with Crippen molar-refractivity contribution in [1.29, 1.82) is 0 Å². The van der Waals surface area contributed by atoms with Crippen molar-refractivity contribution in [2.45, 2.75) is 246 Å². The molecule has 0 saturated heterocycles. The Morgan fingerprint density at radius 1 is 0.667 bits per heavy atom. The van der Waals surface area contributed by atoms with Crippen LogP contribution in [0.5, 0.6) is 5.75 Å². The first-order valence-corrected chi connectivity index (χ1v) is 33.5. The molecule has 2 aliphatic heterocycles. The molecule has 0 radical (unpaired) electrons. The first kappa shape index (κ1) is 80.7. The van der Waals surface area contributed by atoms with Crippen molar-refractivity contribution >= 4 is 46.5 Å². The molecule has 24 heteroatoms. The fourth-order valence-corrected chi connectivity index (χ4v) is 11.9. The van der Waals surface area contributed by atoms with Crippen molar-refractivity contribution in [2.75, 3.05) is 79.7 Å². The van der Waals surface area contributed by atoms with Gasteiger partial charge in [-0.1, -0.05) is 13.8 Å². The number of nitrogens with one attached hydrogen (secondary N) is 1. The van der Waals surface area contributed by atoms with Crippen LogP contribution in [0.25, 0.3) is 22.3 Å². The first-order valence-electron chi connectivity index (χ1n) is 33.5. The number of phenolic OH excluding ortho intramolecular Hbond substituents is 1. The van der Waals surface area contributed by atoms with Crippen molar-refractivity contribution < 1.29 is 96.2 Å². The summed E-state index contributed by atoms with van der Waals surface area (Å²) in [5.74, 6) is -4.44. The highest BCUT2D eigenvalue weighted by molar-refractivity contribution is 5.91. The number of fused-ring (bicyclic) bond motifs is 5. The Morgan fingerprint density at radius 3 is 1.78 bits per heavy atom. The number of carbonyl (C=O) groups excluding carboxylic acids is 4. The maximum atomic E-state index is 14.3. The minimum atomic E-state index is -1.30. The Kier molecular flexibility index (Phi) is 28.0. The number of phenols is 1. The van der Waals surface area contributed by atoms with Crippen LogP contribution >= 0.6 is 0 Å². The minimum Gasteiger partial charge on any atom is -0.508 e. The van der Waals surface area contributed by atoms with Gasteiger partial charge in [0.15, 0.2) is 5.78 Å². The van der Waals surface area contributed by atoms with Gasteiger partial charge in [-0.2, -0.15) is 0 Å². The summed E-state index contributed by atoms with van der Waals surface area (Å²) in [6.07, 6.45) is 3.30. The van der Waals surface area contributed by atoms with Crippen LogP contribution in [0.15, 0.2) is 29.1 Å². The number of ether oxygens (including phenoxy) is 11. The first-order chi connectivity index (χ1) is 44.4. The van der Waals surface area contributed by atoms with E-state index in [2.05, 4.69) is 5.32 Å². The number of hydrogen-bond acceptors (Lipinski definition) is 20. The van der Waals surface area contributed by atoms with Gasteiger partial charge < -0.3 is 77.3 Å². The van der Waals surface area contributed by atoms with Gasteiger partial charge in [0.2, 0.25) is 5.91 Å². The van der Waals surface area contributed by atoms with Gasteiger partial charge in [0.25, 0.3) is 5.56 Å². The number of cyclic esters (lactones) is 1. The van der Waals surface area contributed by atoms with Crippen LogP contribution in [-0.4, -0.2) is 185 Å². The molecule has 2 aliphatic rings. The number of amides is 1. The van der Waals surface area contributed by atoms with Crippen LogP contribution in [0.3, 0.4) is 0 Å². The van der Waals surface area contributed by atoms with Gasteiger partial charge in [0.1, 0.15) is 38.8 Å². The summed E-state index contributed by atoms with van der Waals surface area (Å²) >= 11 is 0. The third-order valence-corrected chi connectivity index (χ3v) is 18.7. The summed E-state index contributed by atoms with van der Waals surface area (Å²) in [6.45, 7) is 33.7. The number of carbonyl (C=O) groups is 6. The number of esters is 2. The zero-order chi connectivity index (χ0) is 72.0. The van der Waals surface area contributed by atoms with E-state index in [1.807, 2.05) is 117 Å². The third kappa shape index (κ3) is 23.3. The highest BCUT2D eigenvalue weighted by Crippen LogP contribution is 2.44. The highest BCUT2D eigenvalue weighted by atomic mass is 16.6. The average molecular weight is 1350 g/mol. The van der Waals surface area contributed by atoms with Crippen LogP contribution in [0.2, 0.25) is 0 Å². The molecule has 0 bridgehead atoms. The lowest BCUT2D eigenvalue weighted by Gasteiger charge is -2.42. The summed E-state index contributed by atoms with van der Waals surface area (Å²) < 4.78 is 68.4. The van der Waals surface area contributed by atoms with Crippen molar-refractivity contribution in [2.24, 2.45) is 11.8 Å². The molecular weight excluding hydrogens is 1240 g/mol. The van der Waals surface area contributed by atoms with Crippen LogP contribution in [0.1, 0.15) is 198 Å². The van der Waals surface area contributed by atoms with Crippen LogP contribution in [-0.2, 0) is 106 Å². The summed E-state index contributed by atoms with van der Waals surface area (Å²) in [6, 6.07) is 6.86. The van der Waals surface area contributed by atoms with Gasteiger partial charge in [-0.15, -0.1) is 0 Å². The van der Waals surface area contributed by atoms with Gasteiger partial charge >= 0.3 is 23.9 Å². The Hall–Kier alpha value is -5.96. The monoisotopic (exact) mass is 1350 g/mol. The van der Waals surface area contributed by atoms with Gasteiger partial charge in [-0.25, -0.2) is 19.4 Å². The fourth-order valence-electron chi connectivity index (χ4n) is 11.9. The minimum absolute atomic E-state index is 0.0513. The van der Waals surface area contributed by atoms with E-state index in [-0.39, 0.29) is 121 Å². The Labute approximate surface area is 566 Å². The largest absolute Gasteiger partial charge is 0.508 e. The number of carboxylic acids is 2. The van der Waals surface area contributed by atoms with Crippen molar-refractivity contribution in [1.82, 2.24) is 14.9 Å². The number of methoxy groups -OCH3 is 1. The highest BCUT2D eigenvalue weighted by Gasteiger charge is 2.47. The second-order valence-corrected chi connectivity index (χ2v) is 30.3. The summed E-state index contributed by atoms with van der Waals surface area (Å²) in [4.78, 5) is 94.5. The molecule has 4 N–H and O–H groups in total. The van der Waals surface area contributed by atoms with E-state index in [0.717, 1.165) is 16.5 Å². The quantitative estimate of drug-likeness (QED) is 0.0299. The van der Waals surface area contributed by atoms with E-state index >= 15 is 0 Å². The number of benzene rings is 1. The normalized spacial score (nSPS) is 16.2. The molecule has 0 saturated carbocycles. The molecule has 3 atom stereocenters. The molecule has 3 aromatic rings. The third-order valence-electron chi connectivity index (χ3n) is 18.7. The Balaban J connectivity index is 1.20. The molecule has 96 heavy (non-hydrogen) atoms. The number of Topliss-reactive ketones (excluding diaryl/α,β-unsaturated/α-hetero) is 1. The van der Waals surface area contributed by atoms with Crippen LogP contribution < -0.4 is 10.9 Å². The number of hydrogen-bond donors (Lipinski definition) is 4. The Bertz CT molecular complexity index is 3250.